The zero-order chi connectivity index (χ0) is 24.8. The van der Waals surface area contributed by atoms with Gasteiger partial charge in [-0.05, 0) is 104 Å². The molecule has 4 aliphatic carbocycles. The lowest BCUT2D eigenvalue weighted by atomic mass is 9.41. The lowest BCUT2D eigenvalue weighted by Crippen LogP contribution is -2.62. The number of aryl methyl sites for hydroxylation is 1. The molecule has 6 heteroatoms. The maximum absolute atomic E-state index is 11.9. The summed E-state index contributed by atoms with van der Waals surface area (Å²) in [6.45, 7) is 9.93. The van der Waals surface area contributed by atoms with Crippen LogP contribution in [0.15, 0.2) is 0 Å². The van der Waals surface area contributed by atoms with Gasteiger partial charge in [-0.3, -0.25) is 0 Å². The van der Waals surface area contributed by atoms with Crippen molar-refractivity contribution < 1.29 is 10.2 Å². The fourth-order valence-corrected chi connectivity index (χ4v) is 10.3. The van der Waals surface area contributed by atoms with Crippen LogP contribution in [0.3, 0.4) is 0 Å². The molecule has 35 heavy (non-hydrogen) atoms. The number of rotatable bonds is 8. The lowest BCUT2D eigenvalue weighted by molar-refractivity contribution is -0.203. The number of hydrogen-bond acceptors (Lipinski definition) is 5. The topological polar surface area (TPSA) is 94.9 Å². The first-order valence-electron chi connectivity index (χ1n) is 14.9. The summed E-state index contributed by atoms with van der Waals surface area (Å²) in [5, 5.41) is 36.7. The molecule has 198 valence electrons. The van der Waals surface area contributed by atoms with E-state index >= 15 is 0 Å². The molecule has 1 heterocycles. The zero-order valence-electron chi connectivity index (χ0n) is 22.6. The fourth-order valence-electron chi connectivity index (χ4n) is 10.3. The number of nitrogens with one attached hydrogen (secondary N) is 1. The summed E-state index contributed by atoms with van der Waals surface area (Å²) in [5.74, 6) is 4.98. The molecule has 0 amide bonds. The summed E-state index contributed by atoms with van der Waals surface area (Å²) in [7, 11) is 0. The lowest BCUT2D eigenvalue weighted by Gasteiger charge is -2.64. The number of aliphatic hydroxyl groups excluding tert-OH is 2. The zero-order valence-corrected chi connectivity index (χ0v) is 22.6. The van der Waals surface area contributed by atoms with Crippen LogP contribution in [0.4, 0.5) is 0 Å². The molecular weight excluding hydrogens is 436 g/mol. The third-order valence-corrected chi connectivity index (χ3v) is 12.1. The van der Waals surface area contributed by atoms with Crippen molar-refractivity contribution in [2.45, 2.75) is 123 Å². The monoisotopic (exact) mass is 486 g/mol. The Bertz CT molecular complexity index is 833. The Morgan fingerprint density at radius 3 is 2.49 bits per heavy atom. The molecule has 0 spiro atoms. The van der Waals surface area contributed by atoms with Gasteiger partial charge in [0, 0.05) is 6.42 Å². The minimum atomic E-state index is -0.183. The number of hydrogen-bond donors (Lipinski definition) is 3. The Kier molecular flexibility index (Phi) is 7.35. The Labute approximate surface area is 212 Å². The van der Waals surface area contributed by atoms with Crippen molar-refractivity contribution in [2.24, 2.45) is 52.3 Å². The van der Waals surface area contributed by atoms with E-state index in [1.807, 2.05) is 0 Å². The van der Waals surface area contributed by atoms with Crippen molar-refractivity contribution in [1.29, 1.82) is 0 Å². The number of aromatic amines is 1. The predicted octanol–water partition coefficient (Wildman–Crippen LogP) is 5.57. The smallest absolute Gasteiger partial charge is 0.174 e. The van der Waals surface area contributed by atoms with Crippen LogP contribution < -0.4 is 0 Å². The van der Waals surface area contributed by atoms with Crippen molar-refractivity contribution in [2.75, 3.05) is 0 Å². The molecule has 4 fully saturated rings. The highest BCUT2D eigenvalue weighted by molar-refractivity contribution is 5.13. The Morgan fingerprint density at radius 2 is 1.74 bits per heavy atom. The number of H-pyrrole nitrogens is 1. The van der Waals surface area contributed by atoms with Gasteiger partial charge in [0.15, 0.2) is 5.82 Å². The highest BCUT2D eigenvalue weighted by Crippen LogP contribution is 2.69. The number of unbranched alkanes of at least 4 members (excludes halogenated alkanes) is 2. The van der Waals surface area contributed by atoms with E-state index < -0.39 is 0 Å². The molecule has 0 aromatic carbocycles. The van der Waals surface area contributed by atoms with E-state index in [9.17, 15) is 10.2 Å². The first-order chi connectivity index (χ1) is 16.8. The van der Waals surface area contributed by atoms with Crippen molar-refractivity contribution in [1.82, 2.24) is 20.6 Å². The van der Waals surface area contributed by atoms with Gasteiger partial charge in [0.25, 0.3) is 0 Å². The standard InChI is InChI=1S/C29H50N4O2/c1-5-20-24-17-19(34)13-15-29(24,4)23-14-16-28(3)21(11-12-22(28)26(23)27(20)35)18(2)9-7-6-8-10-25-30-32-33-31-25/h18-24,26-27,34-35H,5-17H2,1-4H3,(H,30,31,32,33)/t18-,19-,20-,21-,22+,23+,24+,26+,27-,28-,29-/m1/s1. The van der Waals surface area contributed by atoms with Crippen molar-refractivity contribution in [3.8, 4) is 0 Å². The summed E-state index contributed by atoms with van der Waals surface area (Å²) in [6.07, 6.45) is 14.9. The minimum Gasteiger partial charge on any atom is -0.393 e. The number of tetrazole rings is 1. The van der Waals surface area contributed by atoms with Crippen LogP contribution in [0.2, 0.25) is 0 Å². The van der Waals surface area contributed by atoms with Crippen molar-refractivity contribution in [3.05, 3.63) is 5.82 Å². The average molecular weight is 487 g/mol. The van der Waals surface area contributed by atoms with Gasteiger partial charge in [-0.2, -0.15) is 5.21 Å². The third-order valence-electron chi connectivity index (χ3n) is 12.1. The van der Waals surface area contributed by atoms with E-state index in [0.717, 1.165) is 56.2 Å². The molecule has 0 saturated heterocycles. The number of aromatic nitrogens is 4. The minimum absolute atomic E-state index is 0.163. The molecule has 0 radical (unpaired) electrons. The van der Waals surface area contributed by atoms with Crippen molar-refractivity contribution >= 4 is 0 Å². The van der Waals surface area contributed by atoms with Gasteiger partial charge in [0.2, 0.25) is 0 Å². The molecule has 0 aliphatic heterocycles. The number of fused-ring (bicyclic) bond motifs is 5. The Balaban J connectivity index is 1.25. The number of aliphatic hydroxyl groups is 2. The van der Waals surface area contributed by atoms with Crippen LogP contribution in [0.25, 0.3) is 0 Å². The summed E-state index contributed by atoms with van der Waals surface area (Å²) in [5.41, 5.74) is 0.676. The van der Waals surface area contributed by atoms with Gasteiger partial charge < -0.3 is 10.2 Å². The normalized spacial score (nSPS) is 46.0. The maximum atomic E-state index is 11.9. The van der Waals surface area contributed by atoms with Crippen LogP contribution in [0, 0.1) is 52.3 Å². The van der Waals surface area contributed by atoms with Gasteiger partial charge in [0.05, 0.1) is 12.2 Å². The van der Waals surface area contributed by atoms with Gasteiger partial charge >= 0.3 is 0 Å². The summed E-state index contributed by atoms with van der Waals surface area (Å²) < 4.78 is 0. The van der Waals surface area contributed by atoms with Crippen LogP contribution >= 0.6 is 0 Å². The first-order valence-corrected chi connectivity index (χ1v) is 14.9. The summed E-state index contributed by atoms with van der Waals surface area (Å²) in [6, 6.07) is 0. The van der Waals surface area contributed by atoms with Gasteiger partial charge in [-0.1, -0.05) is 58.6 Å². The molecule has 3 N–H and O–H groups in total. The Morgan fingerprint density at radius 1 is 0.971 bits per heavy atom. The quantitative estimate of drug-likeness (QED) is 0.418. The predicted molar refractivity (Wildman–Crippen MR) is 137 cm³/mol. The van der Waals surface area contributed by atoms with Gasteiger partial charge in [0.1, 0.15) is 0 Å². The largest absolute Gasteiger partial charge is 0.393 e. The molecule has 1 aromatic heterocycles. The second-order valence-corrected chi connectivity index (χ2v) is 13.5. The molecule has 4 saturated carbocycles. The van der Waals surface area contributed by atoms with E-state index in [2.05, 4.69) is 48.3 Å². The van der Waals surface area contributed by atoms with E-state index in [4.69, 9.17) is 0 Å². The third kappa shape index (κ3) is 4.39. The van der Waals surface area contributed by atoms with Gasteiger partial charge in [-0.25, -0.2) is 0 Å². The first kappa shape index (κ1) is 25.6. The van der Waals surface area contributed by atoms with Crippen LogP contribution in [-0.4, -0.2) is 43.0 Å². The Hall–Kier alpha value is -1.01. The molecule has 1 aromatic rings. The summed E-state index contributed by atoms with van der Waals surface area (Å²) in [4.78, 5) is 0. The number of nitrogens with zero attached hydrogens (tertiary/aromatic N) is 3. The second-order valence-electron chi connectivity index (χ2n) is 13.5. The highest BCUT2D eigenvalue weighted by atomic mass is 16.3. The summed E-state index contributed by atoms with van der Waals surface area (Å²) >= 11 is 0. The van der Waals surface area contributed by atoms with E-state index in [1.165, 1.54) is 44.9 Å². The van der Waals surface area contributed by atoms with Crippen LogP contribution in [-0.2, 0) is 6.42 Å². The molecule has 11 atom stereocenters. The fraction of sp³-hybridized carbons (Fsp3) is 0.966. The molecular formula is C29H50N4O2. The van der Waals surface area contributed by atoms with Crippen LogP contribution in [0.5, 0.6) is 0 Å². The van der Waals surface area contributed by atoms with Crippen molar-refractivity contribution in [3.63, 3.8) is 0 Å². The van der Waals surface area contributed by atoms with E-state index in [-0.39, 0.29) is 12.2 Å². The second kappa shape index (κ2) is 10.0. The maximum Gasteiger partial charge on any atom is 0.174 e. The van der Waals surface area contributed by atoms with E-state index in [1.54, 1.807) is 0 Å². The van der Waals surface area contributed by atoms with Crippen LogP contribution in [0.1, 0.15) is 111 Å². The SMILES string of the molecule is CC[C@H]1[C@@H](O)[C@@H]2[C@H](CC[C@]3(C)[C@@H]([C@H](C)CCCCCc4nn[nH]n4)CC[C@@H]23)[C@@]2(C)CC[C@@H](O)C[C@@H]12. The molecule has 6 nitrogen and oxygen atoms in total. The highest BCUT2D eigenvalue weighted by Gasteiger charge is 2.64. The van der Waals surface area contributed by atoms with Gasteiger partial charge in [-0.15, -0.1) is 10.2 Å². The molecule has 5 rings (SSSR count). The van der Waals surface area contributed by atoms with E-state index in [0.29, 0.717) is 40.4 Å². The molecule has 0 unspecified atom stereocenters. The molecule has 0 bridgehead atoms. The molecule has 4 aliphatic rings. The average Bonchev–Trinajstić information content (AvgIpc) is 3.47.